The molecule has 3 aliphatic heterocycles. The quantitative estimate of drug-likeness (QED) is 0.692. The lowest BCUT2D eigenvalue weighted by Crippen LogP contribution is -2.41. The molecule has 9 nitrogen and oxygen atoms in total. The Bertz CT molecular complexity index is 1080. The summed E-state index contributed by atoms with van der Waals surface area (Å²) >= 11 is 0. The number of hydrogen-bond acceptors (Lipinski definition) is 7. The Morgan fingerprint density at radius 3 is 3.00 bits per heavy atom. The number of pyridine rings is 1. The summed E-state index contributed by atoms with van der Waals surface area (Å²) in [5, 5.41) is 7.47. The van der Waals surface area contributed by atoms with Crippen LogP contribution < -0.4 is 10.1 Å². The minimum Gasteiger partial charge on any atom is -0.475 e. The molecule has 1 amide bonds. The molecule has 2 fully saturated rings. The van der Waals surface area contributed by atoms with Crippen LogP contribution in [0.5, 0.6) is 5.88 Å². The second-order valence-corrected chi connectivity index (χ2v) is 8.56. The van der Waals surface area contributed by atoms with Gasteiger partial charge in [0.05, 0.1) is 37.1 Å². The van der Waals surface area contributed by atoms with E-state index >= 15 is 0 Å². The van der Waals surface area contributed by atoms with Crippen LogP contribution in [0.4, 0.5) is 10.2 Å². The first-order valence-electron chi connectivity index (χ1n) is 10.7. The van der Waals surface area contributed by atoms with Crippen molar-refractivity contribution in [3.63, 3.8) is 0 Å². The maximum Gasteiger partial charge on any atom is 0.257 e. The van der Waals surface area contributed by atoms with Gasteiger partial charge < -0.3 is 19.7 Å². The lowest BCUT2D eigenvalue weighted by atomic mass is 10.0. The van der Waals surface area contributed by atoms with Crippen molar-refractivity contribution in [3.05, 3.63) is 35.4 Å². The zero-order valence-electron chi connectivity index (χ0n) is 17.0. The van der Waals surface area contributed by atoms with Crippen LogP contribution in [-0.2, 0) is 11.3 Å². The summed E-state index contributed by atoms with van der Waals surface area (Å²) in [6, 6.07) is 1.32. The van der Waals surface area contributed by atoms with Gasteiger partial charge in [0.1, 0.15) is 23.8 Å². The molecule has 2 bridgehead atoms. The summed E-state index contributed by atoms with van der Waals surface area (Å²) in [6.07, 6.45) is 5.72. The zero-order chi connectivity index (χ0) is 21.0. The van der Waals surface area contributed by atoms with Crippen LogP contribution in [-0.4, -0.2) is 63.3 Å². The summed E-state index contributed by atoms with van der Waals surface area (Å²) in [6.45, 7) is 2.62. The minimum atomic E-state index is -0.444. The Morgan fingerprint density at radius 1 is 1.23 bits per heavy atom. The van der Waals surface area contributed by atoms with Gasteiger partial charge in [0.2, 0.25) is 5.88 Å². The Labute approximate surface area is 178 Å². The van der Waals surface area contributed by atoms with Crippen LogP contribution in [0.1, 0.15) is 47.6 Å². The van der Waals surface area contributed by atoms with Crippen LogP contribution in [0.15, 0.2) is 23.5 Å². The van der Waals surface area contributed by atoms with E-state index < -0.39 is 11.4 Å². The van der Waals surface area contributed by atoms with Crippen LogP contribution in [0.3, 0.4) is 0 Å². The van der Waals surface area contributed by atoms with Gasteiger partial charge in [0, 0.05) is 25.1 Å². The number of aliphatic imine (C=N–C) groups is 1. The van der Waals surface area contributed by atoms with Gasteiger partial charge >= 0.3 is 0 Å². The SMILES string of the molecule is O=C1NC2(CC2)COc2ncc(F)cc2[C@@H]2CCOCCN2C2=Nc3c1cnn3CC2. The van der Waals surface area contributed by atoms with Crippen molar-refractivity contribution in [3.8, 4) is 5.88 Å². The first kappa shape index (κ1) is 18.7. The van der Waals surface area contributed by atoms with E-state index in [9.17, 15) is 9.18 Å². The molecular formula is C21H23FN6O3. The second kappa shape index (κ2) is 7.01. The summed E-state index contributed by atoms with van der Waals surface area (Å²) in [5.41, 5.74) is 0.710. The smallest absolute Gasteiger partial charge is 0.257 e. The largest absolute Gasteiger partial charge is 0.475 e. The van der Waals surface area contributed by atoms with Crippen molar-refractivity contribution < 1.29 is 18.7 Å². The average molecular weight is 426 g/mol. The molecule has 0 unspecified atom stereocenters. The van der Waals surface area contributed by atoms with Gasteiger partial charge in [-0.25, -0.2) is 19.0 Å². The number of nitrogens with zero attached hydrogens (tertiary/aromatic N) is 5. The first-order chi connectivity index (χ1) is 15.1. The molecule has 4 aliphatic rings. The number of rotatable bonds is 0. The molecular weight excluding hydrogens is 403 g/mol. The lowest BCUT2D eigenvalue weighted by Gasteiger charge is -2.34. The Kier molecular flexibility index (Phi) is 4.24. The van der Waals surface area contributed by atoms with E-state index in [2.05, 4.69) is 20.3 Å². The number of aryl methyl sites for hydroxylation is 1. The van der Waals surface area contributed by atoms with Crippen LogP contribution in [0, 0.1) is 5.82 Å². The summed E-state index contributed by atoms with van der Waals surface area (Å²) in [7, 11) is 0. The van der Waals surface area contributed by atoms with Gasteiger partial charge in [0.15, 0.2) is 5.82 Å². The molecule has 1 N–H and O–H groups in total. The molecule has 31 heavy (non-hydrogen) atoms. The summed E-state index contributed by atoms with van der Waals surface area (Å²) in [5.74, 6) is 1.20. The summed E-state index contributed by atoms with van der Waals surface area (Å²) < 4.78 is 27.9. The highest BCUT2D eigenvalue weighted by Gasteiger charge is 2.46. The predicted octanol–water partition coefficient (Wildman–Crippen LogP) is 1.97. The average Bonchev–Trinajstić information content (AvgIpc) is 3.46. The van der Waals surface area contributed by atoms with Crippen molar-refractivity contribution >= 4 is 17.6 Å². The molecule has 2 aromatic rings. The number of hydrogen-bond donors (Lipinski definition) is 1. The monoisotopic (exact) mass is 426 g/mol. The molecule has 1 saturated heterocycles. The van der Waals surface area contributed by atoms with E-state index in [0.717, 1.165) is 18.7 Å². The number of aromatic nitrogens is 3. The van der Waals surface area contributed by atoms with E-state index in [1.165, 1.54) is 12.3 Å². The fourth-order valence-electron chi connectivity index (χ4n) is 4.59. The third-order valence-electron chi connectivity index (χ3n) is 6.48. The van der Waals surface area contributed by atoms with Crippen molar-refractivity contribution in [1.29, 1.82) is 0 Å². The first-order valence-corrected chi connectivity index (χ1v) is 10.7. The molecule has 1 spiro atoms. The van der Waals surface area contributed by atoms with Gasteiger partial charge in [-0.15, -0.1) is 0 Å². The fraction of sp³-hybridized carbons (Fsp3) is 0.524. The molecule has 1 saturated carbocycles. The number of carbonyl (C=O) groups excluding carboxylic acids is 1. The number of fused-ring (bicyclic) bond motifs is 4. The molecule has 2 aromatic heterocycles. The third-order valence-corrected chi connectivity index (χ3v) is 6.48. The predicted molar refractivity (Wildman–Crippen MR) is 108 cm³/mol. The van der Waals surface area contributed by atoms with Crippen LogP contribution >= 0.6 is 0 Å². The fourth-order valence-corrected chi connectivity index (χ4v) is 4.59. The van der Waals surface area contributed by atoms with Crippen molar-refractivity contribution in [2.45, 2.75) is 43.8 Å². The highest BCUT2D eigenvalue weighted by Crippen LogP contribution is 2.40. The molecule has 10 heteroatoms. The Hall–Kier alpha value is -3.01. The second-order valence-electron chi connectivity index (χ2n) is 8.56. The van der Waals surface area contributed by atoms with E-state index in [0.29, 0.717) is 62.0 Å². The number of amides is 1. The molecule has 162 valence electrons. The molecule has 0 radical (unpaired) electrons. The number of carbonyl (C=O) groups is 1. The Morgan fingerprint density at radius 2 is 2.13 bits per heavy atom. The number of amidine groups is 1. The van der Waals surface area contributed by atoms with Gasteiger partial charge in [-0.2, -0.15) is 5.10 Å². The lowest BCUT2D eigenvalue weighted by molar-refractivity contribution is 0.0912. The van der Waals surface area contributed by atoms with Gasteiger partial charge in [0.25, 0.3) is 5.91 Å². The minimum absolute atomic E-state index is 0.183. The summed E-state index contributed by atoms with van der Waals surface area (Å²) in [4.78, 5) is 24.3. The normalized spacial score (nSPS) is 24.3. The van der Waals surface area contributed by atoms with Crippen molar-refractivity contribution in [1.82, 2.24) is 25.0 Å². The van der Waals surface area contributed by atoms with Gasteiger partial charge in [-0.3, -0.25) is 4.79 Å². The van der Waals surface area contributed by atoms with E-state index in [1.54, 1.807) is 10.9 Å². The highest BCUT2D eigenvalue weighted by atomic mass is 19.1. The number of ether oxygens (including phenoxy) is 2. The van der Waals surface area contributed by atoms with Crippen LogP contribution in [0.2, 0.25) is 0 Å². The topological polar surface area (TPSA) is 93.9 Å². The number of nitrogens with one attached hydrogen (secondary N) is 1. The van der Waals surface area contributed by atoms with Crippen molar-refractivity contribution in [2.24, 2.45) is 4.99 Å². The molecule has 6 rings (SSSR count). The number of halogens is 1. The third kappa shape index (κ3) is 3.25. The van der Waals surface area contributed by atoms with Gasteiger partial charge in [-0.1, -0.05) is 0 Å². The molecule has 1 atom stereocenters. The molecule has 1 aliphatic carbocycles. The maximum absolute atomic E-state index is 14.3. The highest BCUT2D eigenvalue weighted by molar-refractivity contribution is 6.00. The standard InChI is InChI=1S/C21H23FN6O3/c22-13-9-14-16-2-7-30-8-6-27(16)17-1-5-28-18(25-17)15(11-24-28)19(29)26-21(3-4-21)12-31-20(14)23-10-13/h9-11,16H,1-8,12H2,(H,26,29)/t16-/m0/s1. The zero-order valence-corrected chi connectivity index (χ0v) is 17.0. The maximum atomic E-state index is 14.3. The molecule has 0 aromatic carbocycles. The van der Waals surface area contributed by atoms with Crippen LogP contribution in [0.25, 0.3) is 0 Å². The molecule has 5 heterocycles. The van der Waals surface area contributed by atoms with E-state index in [1.807, 2.05) is 0 Å². The van der Waals surface area contributed by atoms with Gasteiger partial charge in [-0.05, 0) is 25.3 Å². The van der Waals surface area contributed by atoms with E-state index in [-0.39, 0.29) is 18.6 Å². The Balaban J connectivity index is 1.51. The van der Waals surface area contributed by atoms with E-state index in [4.69, 9.17) is 14.5 Å². The van der Waals surface area contributed by atoms with Crippen molar-refractivity contribution in [2.75, 3.05) is 26.4 Å².